The van der Waals surface area contributed by atoms with Crippen LogP contribution in [0.3, 0.4) is 0 Å². The van der Waals surface area contributed by atoms with E-state index in [4.69, 9.17) is 32.9 Å². The van der Waals surface area contributed by atoms with Crippen LogP contribution in [0.25, 0.3) is 23.4 Å². The van der Waals surface area contributed by atoms with Gasteiger partial charge in [-0.25, -0.2) is 9.78 Å². The predicted molar refractivity (Wildman–Crippen MR) is 138 cm³/mol. The minimum Gasteiger partial charge on any atom is -0.465 e. The van der Waals surface area contributed by atoms with Gasteiger partial charge >= 0.3 is 5.97 Å². The lowest BCUT2D eigenvalue weighted by Gasteiger charge is -2.07. The largest absolute Gasteiger partial charge is 0.465 e. The lowest BCUT2D eigenvalue weighted by Crippen LogP contribution is -2.03. The number of benzene rings is 3. The Morgan fingerprint density at radius 2 is 1.76 bits per heavy atom. The summed E-state index contributed by atoms with van der Waals surface area (Å²) >= 11 is 16.0. The molecule has 0 radical (unpaired) electrons. The highest BCUT2D eigenvalue weighted by atomic mass is 79.9. The molecule has 1 heterocycles. The Kier molecular flexibility index (Phi) is 7.33. The number of aromatic nitrogens is 2. The molecule has 0 N–H and O–H groups in total. The van der Waals surface area contributed by atoms with Crippen molar-refractivity contribution >= 4 is 57.3 Å². The van der Waals surface area contributed by atoms with Crippen LogP contribution in [0.5, 0.6) is 0 Å². The maximum absolute atomic E-state index is 11.7. The molecule has 1 aromatic heterocycles. The van der Waals surface area contributed by atoms with Gasteiger partial charge in [0.1, 0.15) is 5.82 Å². The molecule has 4 rings (SSSR count). The summed E-state index contributed by atoms with van der Waals surface area (Å²) in [6.45, 7) is 0.569. The van der Waals surface area contributed by atoms with E-state index in [0.717, 1.165) is 32.7 Å². The van der Waals surface area contributed by atoms with Crippen molar-refractivity contribution in [2.24, 2.45) is 0 Å². The molecule has 0 saturated heterocycles. The first kappa shape index (κ1) is 23.3. The first-order chi connectivity index (χ1) is 15.9. The van der Waals surface area contributed by atoms with Gasteiger partial charge in [-0.05, 0) is 59.7 Å². The molecule has 4 aromatic rings. The van der Waals surface area contributed by atoms with Crippen molar-refractivity contribution in [3.05, 3.63) is 110 Å². The molecule has 0 spiro atoms. The highest BCUT2D eigenvalue weighted by Crippen LogP contribution is 2.30. The number of esters is 1. The summed E-state index contributed by atoms with van der Waals surface area (Å²) < 4.78 is 7.85. The average molecular weight is 542 g/mol. The van der Waals surface area contributed by atoms with E-state index in [9.17, 15) is 4.79 Å². The maximum Gasteiger partial charge on any atom is 0.337 e. The van der Waals surface area contributed by atoms with Gasteiger partial charge in [-0.3, -0.25) is 0 Å². The monoisotopic (exact) mass is 540 g/mol. The minimum absolute atomic E-state index is 0.359. The van der Waals surface area contributed by atoms with Crippen LogP contribution >= 0.6 is 39.1 Å². The van der Waals surface area contributed by atoms with E-state index in [0.29, 0.717) is 22.2 Å². The van der Waals surface area contributed by atoms with Gasteiger partial charge in [-0.15, -0.1) is 0 Å². The van der Waals surface area contributed by atoms with Crippen molar-refractivity contribution in [2.45, 2.75) is 6.54 Å². The average Bonchev–Trinajstić information content (AvgIpc) is 3.20. The first-order valence-corrected chi connectivity index (χ1v) is 11.6. The fraction of sp³-hybridized carbons (Fsp3) is 0.0769. The first-order valence-electron chi connectivity index (χ1n) is 10.1. The second-order valence-electron chi connectivity index (χ2n) is 7.31. The third-order valence-corrected chi connectivity index (χ3v) is 6.11. The molecule has 4 nitrogen and oxygen atoms in total. The summed E-state index contributed by atoms with van der Waals surface area (Å²) in [4.78, 5) is 16.5. The number of imidazole rings is 1. The minimum atomic E-state index is -0.359. The SMILES string of the molecule is COC(=O)c1ccc(Cn2cc(-c3ccc(Cl)cc3Cl)nc2/C=C/c2ccc(Br)cc2)cc1. The molecule has 0 atom stereocenters. The van der Waals surface area contributed by atoms with Gasteiger partial charge < -0.3 is 9.30 Å². The van der Waals surface area contributed by atoms with Crippen molar-refractivity contribution in [1.82, 2.24) is 9.55 Å². The summed E-state index contributed by atoms with van der Waals surface area (Å²) in [5.74, 6) is 0.415. The third kappa shape index (κ3) is 5.74. The van der Waals surface area contributed by atoms with Gasteiger partial charge in [-0.1, -0.05) is 69.5 Å². The number of methoxy groups -OCH3 is 1. The molecule has 33 heavy (non-hydrogen) atoms. The number of hydrogen-bond donors (Lipinski definition) is 0. The molecule has 0 bridgehead atoms. The van der Waals surface area contributed by atoms with Gasteiger partial charge in [-0.2, -0.15) is 0 Å². The topological polar surface area (TPSA) is 44.1 Å². The fourth-order valence-electron chi connectivity index (χ4n) is 3.32. The number of carbonyl (C=O) groups is 1. The molecular weight excluding hydrogens is 523 g/mol. The Morgan fingerprint density at radius 3 is 2.42 bits per heavy atom. The molecule has 0 aliphatic carbocycles. The highest BCUT2D eigenvalue weighted by molar-refractivity contribution is 9.10. The molecule has 0 aliphatic heterocycles. The second-order valence-corrected chi connectivity index (χ2v) is 9.07. The summed E-state index contributed by atoms with van der Waals surface area (Å²) in [5, 5.41) is 1.11. The Bertz CT molecular complexity index is 1310. The van der Waals surface area contributed by atoms with Crippen LogP contribution in [-0.4, -0.2) is 22.6 Å². The Morgan fingerprint density at radius 1 is 1.03 bits per heavy atom. The zero-order valence-corrected chi connectivity index (χ0v) is 20.7. The summed E-state index contributed by atoms with van der Waals surface area (Å²) in [6.07, 6.45) is 5.95. The van der Waals surface area contributed by atoms with Crippen molar-refractivity contribution in [3.8, 4) is 11.3 Å². The highest BCUT2D eigenvalue weighted by Gasteiger charge is 2.12. The van der Waals surface area contributed by atoms with Crippen molar-refractivity contribution in [1.29, 1.82) is 0 Å². The van der Waals surface area contributed by atoms with E-state index in [-0.39, 0.29) is 5.97 Å². The molecule has 0 aliphatic rings. The lowest BCUT2D eigenvalue weighted by atomic mass is 10.1. The third-order valence-electron chi connectivity index (χ3n) is 5.04. The van der Waals surface area contributed by atoms with Gasteiger partial charge in [0.25, 0.3) is 0 Å². The summed E-state index contributed by atoms with van der Waals surface area (Å²) in [7, 11) is 1.37. The van der Waals surface area contributed by atoms with E-state index < -0.39 is 0 Å². The number of hydrogen-bond acceptors (Lipinski definition) is 3. The maximum atomic E-state index is 11.7. The van der Waals surface area contributed by atoms with E-state index in [2.05, 4.69) is 15.9 Å². The molecule has 0 unspecified atom stereocenters. The van der Waals surface area contributed by atoms with Crippen LogP contribution in [0.4, 0.5) is 0 Å². The van der Waals surface area contributed by atoms with E-state index in [1.165, 1.54) is 7.11 Å². The summed E-state index contributed by atoms with van der Waals surface area (Å²) in [6, 6.07) is 20.7. The normalized spacial score (nSPS) is 11.2. The predicted octanol–water partition coefficient (Wildman–Crippen LogP) is 7.62. The molecule has 3 aromatic carbocycles. The Balaban J connectivity index is 1.69. The van der Waals surface area contributed by atoms with Gasteiger partial charge in [0, 0.05) is 27.8 Å². The Hall–Kier alpha value is -2.86. The van der Waals surface area contributed by atoms with Crippen molar-refractivity contribution in [2.75, 3.05) is 7.11 Å². The number of rotatable bonds is 6. The van der Waals surface area contributed by atoms with E-state index in [1.54, 1.807) is 24.3 Å². The molecule has 7 heteroatoms. The number of halogens is 3. The Labute approximate surface area is 210 Å². The van der Waals surface area contributed by atoms with Crippen molar-refractivity contribution < 1.29 is 9.53 Å². The number of ether oxygens (including phenoxy) is 1. The standard InChI is InChI=1S/C26H19BrCl2N2O2/c1-33-26(32)19-7-2-18(3-8-19)15-31-16-24(22-12-11-21(28)14-23(22)29)30-25(31)13-6-17-4-9-20(27)10-5-17/h2-14,16H,15H2,1H3/b13-6+. The molecule has 0 fully saturated rings. The second kappa shape index (κ2) is 10.4. The molecule has 0 saturated carbocycles. The van der Waals surface area contributed by atoms with Gasteiger partial charge in [0.2, 0.25) is 0 Å². The van der Waals surface area contributed by atoms with Crippen LogP contribution in [-0.2, 0) is 11.3 Å². The van der Waals surface area contributed by atoms with E-state index >= 15 is 0 Å². The van der Waals surface area contributed by atoms with E-state index in [1.807, 2.05) is 65.4 Å². The smallest absolute Gasteiger partial charge is 0.337 e. The van der Waals surface area contributed by atoms with Crippen LogP contribution < -0.4 is 0 Å². The number of carbonyl (C=O) groups excluding carboxylic acids is 1. The zero-order valence-electron chi connectivity index (χ0n) is 17.6. The zero-order chi connectivity index (χ0) is 23.4. The number of nitrogens with zero attached hydrogens (tertiary/aromatic N) is 2. The van der Waals surface area contributed by atoms with Gasteiger partial charge in [0.05, 0.1) is 23.4 Å². The molecular formula is C26H19BrCl2N2O2. The summed E-state index contributed by atoms with van der Waals surface area (Å²) in [5.41, 5.74) is 4.14. The molecule has 166 valence electrons. The quantitative estimate of drug-likeness (QED) is 0.236. The van der Waals surface area contributed by atoms with Crippen LogP contribution in [0.1, 0.15) is 27.3 Å². The molecule has 0 amide bonds. The van der Waals surface area contributed by atoms with Crippen LogP contribution in [0.2, 0.25) is 10.0 Å². The van der Waals surface area contributed by atoms with Crippen LogP contribution in [0.15, 0.2) is 77.4 Å². The van der Waals surface area contributed by atoms with Crippen LogP contribution in [0, 0.1) is 0 Å². The lowest BCUT2D eigenvalue weighted by molar-refractivity contribution is 0.0600. The fourth-order valence-corrected chi connectivity index (χ4v) is 4.09. The van der Waals surface area contributed by atoms with Gasteiger partial charge in [0.15, 0.2) is 0 Å². The van der Waals surface area contributed by atoms with Crippen molar-refractivity contribution in [3.63, 3.8) is 0 Å².